The van der Waals surface area contributed by atoms with Gasteiger partial charge in [-0.1, -0.05) is 124 Å². The van der Waals surface area contributed by atoms with Crippen molar-refractivity contribution >= 4 is 17.3 Å². The molecule has 0 aromatic rings. The summed E-state index contributed by atoms with van der Waals surface area (Å²) in [6, 6.07) is 0. The second kappa shape index (κ2) is 15.4. The lowest BCUT2D eigenvalue weighted by Crippen LogP contribution is -2.38. The molecular weight excluding hydrogens is 544 g/mol. The number of ketones is 3. The van der Waals surface area contributed by atoms with E-state index in [1.54, 1.807) is 13.0 Å². The fourth-order valence-electron chi connectivity index (χ4n) is 5.92. The lowest BCUT2D eigenvalue weighted by atomic mass is 9.66. The lowest BCUT2D eigenvalue weighted by Gasteiger charge is -2.35. The van der Waals surface area contributed by atoms with Crippen molar-refractivity contribution in [3.63, 3.8) is 0 Å². The molecule has 236 valence electrons. The van der Waals surface area contributed by atoms with Gasteiger partial charge in [0, 0.05) is 29.2 Å². The summed E-state index contributed by atoms with van der Waals surface area (Å²) in [7, 11) is 0. The Hall–Kier alpha value is -3.55. The van der Waals surface area contributed by atoms with Crippen LogP contribution in [0.5, 0.6) is 0 Å². The molecule has 0 spiro atoms. The Morgan fingerprint density at radius 1 is 0.864 bits per heavy atom. The van der Waals surface area contributed by atoms with Crippen molar-refractivity contribution in [2.75, 3.05) is 0 Å². The predicted molar refractivity (Wildman–Crippen MR) is 183 cm³/mol. The summed E-state index contributed by atoms with van der Waals surface area (Å²) in [5.41, 5.74) is 4.63. The van der Waals surface area contributed by atoms with E-state index in [0.29, 0.717) is 18.4 Å². The summed E-state index contributed by atoms with van der Waals surface area (Å²) in [5.74, 6) is 6.36. The minimum absolute atomic E-state index is 0.0892. The maximum atomic E-state index is 13.0. The molecule has 2 aliphatic carbocycles. The zero-order chi connectivity index (χ0) is 33.3. The zero-order valence-corrected chi connectivity index (χ0v) is 28.6. The zero-order valence-electron chi connectivity index (χ0n) is 28.6. The Labute approximate surface area is 266 Å². The smallest absolute Gasteiger partial charge is 0.165 e. The van der Waals surface area contributed by atoms with Crippen LogP contribution in [0.3, 0.4) is 0 Å². The van der Waals surface area contributed by atoms with Crippen LogP contribution in [0.4, 0.5) is 0 Å². The van der Waals surface area contributed by atoms with Crippen LogP contribution < -0.4 is 0 Å². The summed E-state index contributed by atoms with van der Waals surface area (Å²) in [6.07, 6.45) is 21.1. The number of rotatable bonds is 10. The summed E-state index contributed by atoms with van der Waals surface area (Å²) < 4.78 is 0. The monoisotopic (exact) mass is 596 g/mol. The molecule has 44 heavy (non-hydrogen) atoms. The number of carbonyl (C=O) groups excluding carboxylic acids is 3. The van der Waals surface area contributed by atoms with Crippen molar-refractivity contribution in [2.24, 2.45) is 16.2 Å². The van der Waals surface area contributed by atoms with Crippen LogP contribution in [-0.2, 0) is 14.4 Å². The topological polar surface area (TPSA) is 71.4 Å². The quantitative estimate of drug-likeness (QED) is 0.118. The van der Waals surface area contributed by atoms with Gasteiger partial charge in [0.15, 0.2) is 5.78 Å². The molecule has 0 aromatic heterocycles. The third-order valence-corrected chi connectivity index (χ3v) is 9.08. The molecule has 4 nitrogen and oxygen atoms in total. The van der Waals surface area contributed by atoms with Gasteiger partial charge < -0.3 is 5.11 Å². The molecule has 1 N–H and O–H groups in total. The minimum Gasteiger partial charge on any atom is -0.393 e. The first kappa shape index (κ1) is 36.6. The molecule has 2 rings (SSSR count). The molecule has 0 amide bonds. The summed E-state index contributed by atoms with van der Waals surface area (Å²) in [4.78, 5) is 37.7. The molecule has 1 saturated carbocycles. The third kappa shape index (κ3) is 10.3. The molecule has 0 saturated heterocycles. The van der Waals surface area contributed by atoms with E-state index in [9.17, 15) is 19.5 Å². The van der Waals surface area contributed by atoms with E-state index in [2.05, 4.69) is 32.6 Å². The molecule has 0 aliphatic heterocycles. The highest BCUT2D eigenvalue weighted by molar-refractivity contribution is 6.10. The largest absolute Gasteiger partial charge is 0.393 e. The number of aliphatic hydroxyl groups excluding tert-OH is 1. The number of allylic oxidation sites excluding steroid dienone is 15. The summed E-state index contributed by atoms with van der Waals surface area (Å²) in [6.45, 7) is 19.8. The second-order valence-electron chi connectivity index (χ2n) is 14.1. The standard InChI is InChI=1S/C40H52O4/c1-28(17-13-18-30(3)21-22-35-32(5)23-33(41)25-38(35,6)7)15-11-12-16-29(2)19-14-20-31(4)36(43)24-37(44)40(10)27-34(42)26-39(40,8)9/h11-20,33,41H,23-27H2,1-10H3/t33-,40-/m1/s1. The Bertz CT molecular complexity index is 1450. The molecule has 4 heteroatoms. The van der Waals surface area contributed by atoms with Gasteiger partial charge in [-0.25, -0.2) is 0 Å². The van der Waals surface area contributed by atoms with Crippen molar-refractivity contribution in [1.29, 1.82) is 0 Å². The third-order valence-electron chi connectivity index (χ3n) is 9.08. The van der Waals surface area contributed by atoms with Gasteiger partial charge in [-0.3, -0.25) is 14.4 Å². The molecule has 0 unspecified atom stereocenters. The number of hydrogen-bond donors (Lipinski definition) is 1. The average Bonchev–Trinajstić information content (AvgIpc) is 3.11. The number of Topliss-reactive ketones (excluding diaryl/α,β-unsaturated/α-hetero) is 3. The Morgan fingerprint density at radius 2 is 1.43 bits per heavy atom. The van der Waals surface area contributed by atoms with E-state index in [0.717, 1.165) is 28.7 Å². The maximum Gasteiger partial charge on any atom is 0.165 e. The van der Waals surface area contributed by atoms with Crippen molar-refractivity contribution < 1.29 is 19.5 Å². The maximum absolute atomic E-state index is 13.0. The van der Waals surface area contributed by atoms with Crippen LogP contribution in [0.2, 0.25) is 0 Å². The van der Waals surface area contributed by atoms with E-state index in [1.807, 2.05) is 96.2 Å². The first-order chi connectivity index (χ1) is 20.4. The lowest BCUT2D eigenvalue weighted by molar-refractivity contribution is -0.136. The van der Waals surface area contributed by atoms with Crippen molar-refractivity contribution in [3.05, 3.63) is 94.2 Å². The molecule has 2 atom stereocenters. The molecule has 1 fully saturated rings. The molecule has 2 aliphatic rings. The van der Waals surface area contributed by atoms with Crippen molar-refractivity contribution in [3.8, 4) is 11.8 Å². The summed E-state index contributed by atoms with van der Waals surface area (Å²) >= 11 is 0. The molecule has 0 radical (unpaired) electrons. The number of aliphatic hydroxyl groups is 1. The second-order valence-corrected chi connectivity index (χ2v) is 14.1. The highest BCUT2D eigenvalue weighted by Crippen LogP contribution is 2.51. The highest BCUT2D eigenvalue weighted by atomic mass is 16.3. The van der Waals surface area contributed by atoms with Gasteiger partial charge in [0.05, 0.1) is 12.5 Å². The van der Waals surface area contributed by atoms with Gasteiger partial charge >= 0.3 is 0 Å². The first-order valence-electron chi connectivity index (χ1n) is 15.6. The van der Waals surface area contributed by atoms with Gasteiger partial charge in [0.2, 0.25) is 0 Å². The fraction of sp³-hybridized carbons (Fsp3) is 0.475. The van der Waals surface area contributed by atoms with Gasteiger partial charge in [-0.15, -0.1) is 0 Å². The van der Waals surface area contributed by atoms with E-state index in [1.165, 1.54) is 5.57 Å². The SMILES string of the molecule is CC(C#CC1=C(C)C[C@@H](O)CC1(C)C)=CC=CC(C)=CC=CC=C(C)C=CC=C(C)C(=O)CC(=O)[C@@]1(C)CC(=O)CC1(C)C. The Morgan fingerprint density at radius 3 is 1.95 bits per heavy atom. The fourth-order valence-corrected chi connectivity index (χ4v) is 5.92. The number of carbonyl (C=O) groups is 3. The van der Waals surface area contributed by atoms with Crippen LogP contribution in [0.25, 0.3) is 0 Å². The first-order valence-corrected chi connectivity index (χ1v) is 15.6. The van der Waals surface area contributed by atoms with Gasteiger partial charge in [-0.05, 0) is 64.0 Å². The summed E-state index contributed by atoms with van der Waals surface area (Å²) in [5, 5.41) is 10.1. The Balaban J connectivity index is 1.91. The van der Waals surface area contributed by atoms with E-state index in [4.69, 9.17) is 0 Å². The van der Waals surface area contributed by atoms with Crippen molar-refractivity contribution in [1.82, 2.24) is 0 Å². The van der Waals surface area contributed by atoms with Crippen LogP contribution >= 0.6 is 0 Å². The molecule has 0 bridgehead atoms. The molecule has 0 aromatic carbocycles. The average molecular weight is 597 g/mol. The van der Waals surface area contributed by atoms with E-state index in [-0.39, 0.29) is 41.7 Å². The van der Waals surface area contributed by atoms with Crippen molar-refractivity contribution in [2.45, 2.75) is 107 Å². The Kier molecular flexibility index (Phi) is 12.9. The van der Waals surface area contributed by atoms with Crippen LogP contribution in [0.15, 0.2) is 94.2 Å². The normalized spacial score (nSPS) is 24.9. The van der Waals surface area contributed by atoms with Gasteiger partial charge in [0.25, 0.3) is 0 Å². The van der Waals surface area contributed by atoms with Crippen LogP contribution in [0.1, 0.15) is 101 Å². The van der Waals surface area contributed by atoms with Crippen LogP contribution in [0, 0.1) is 28.1 Å². The van der Waals surface area contributed by atoms with Crippen LogP contribution in [-0.4, -0.2) is 28.6 Å². The van der Waals surface area contributed by atoms with Gasteiger partial charge in [-0.2, -0.15) is 0 Å². The van der Waals surface area contributed by atoms with Gasteiger partial charge in [0.1, 0.15) is 11.6 Å². The van der Waals surface area contributed by atoms with E-state index >= 15 is 0 Å². The molecular formula is C40H52O4. The molecule has 0 heterocycles. The minimum atomic E-state index is -0.787. The highest BCUT2D eigenvalue weighted by Gasteiger charge is 2.53. The number of hydrogen-bond acceptors (Lipinski definition) is 4. The predicted octanol–water partition coefficient (Wildman–Crippen LogP) is 8.86. The van der Waals surface area contributed by atoms with E-state index < -0.39 is 10.8 Å².